The Morgan fingerprint density at radius 3 is 3.00 bits per heavy atom. The van der Waals surface area contributed by atoms with Crippen molar-refractivity contribution < 1.29 is 4.79 Å². The molecule has 4 nitrogen and oxygen atoms in total. The molecule has 0 aromatic carbocycles. The van der Waals surface area contributed by atoms with Crippen LogP contribution in [0.15, 0.2) is 18.5 Å². The van der Waals surface area contributed by atoms with Crippen molar-refractivity contribution in [3.05, 3.63) is 23.3 Å². The van der Waals surface area contributed by atoms with Crippen molar-refractivity contribution in [2.75, 3.05) is 12.3 Å². The number of carbonyl (C=O) groups is 1. The molecule has 5 heteroatoms. The number of hydrogen-bond acceptors (Lipinski definition) is 4. The van der Waals surface area contributed by atoms with Crippen LogP contribution in [0.3, 0.4) is 0 Å². The van der Waals surface area contributed by atoms with Crippen LogP contribution in [0, 0.1) is 5.92 Å². The van der Waals surface area contributed by atoms with Gasteiger partial charge in [0.05, 0.1) is 10.4 Å². The van der Waals surface area contributed by atoms with Crippen LogP contribution in [0.1, 0.15) is 36.4 Å². The number of aromatic nitrogens is 1. The molecule has 0 spiro atoms. The van der Waals surface area contributed by atoms with Crippen LogP contribution >= 0.6 is 11.3 Å². The van der Waals surface area contributed by atoms with Crippen LogP contribution < -0.4 is 5.73 Å². The number of hydrogen-bond donors (Lipinski definition) is 1. The fraction of sp³-hybridized carbons (Fsp3) is 0.467. The van der Waals surface area contributed by atoms with Crippen molar-refractivity contribution in [1.82, 2.24) is 9.88 Å². The molecule has 2 unspecified atom stereocenters. The standard InChI is InChI=1S/C15H19N3OS/c1-9-4-6-18(10(2)7-9)15(19)14-13(16)11-3-5-17-8-12(11)20-14/h3,5,8-10H,4,6-7,16H2,1-2H3. The van der Waals surface area contributed by atoms with Crippen LogP contribution in [-0.2, 0) is 0 Å². The van der Waals surface area contributed by atoms with E-state index >= 15 is 0 Å². The summed E-state index contributed by atoms with van der Waals surface area (Å²) in [5.41, 5.74) is 6.75. The summed E-state index contributed by atoms with van der Waals surface area (Å²) in [4.78, 5) is 19.5. The highest BCUT2D eigenvalue weighted by molar-refractivity contribution is 7.21. The number of nitrogen functional groups attached to an aromatic ring is 1. The summed E-state index contributed by atoms with van der Waals surface area (Å²) in [6.45, 7) is 5.20. The molecule has 1 aliphatic heterocycles. The zero-order valence-electron chi connectivity index (χ0n) is 11.8. The number of likely N-dealkylation sites (tertiary alicyclic amines) is 1. The van der Waals surface area contributed by atoms with Gasteiger partial charge >= 0.3 is 0 Å². The SMILES string of the molecule is CC1CCN(C(=O)c2sc3cnccc3c2N)C(C)C1. The molecule has 1 aliphatic rings. The number of anilines is 1. The quantitative estimate of drug-likeness (QED) is 0.877. The van der Waals surface area contributed by atoms with Gasteiger partial charge in [-0.3, -0.25) is 9.78 Å². The number of rotatable bonds is 1. The predicted molar refractivity (Wildman–Crippen MR) is 82.9 cm³/mol. The Balaban J connectivity index is 1.94. The first-order chi connectivity index (χ1) is 9.58. The van der Waals surface area contributed by atoms with Crippen molar-refractivity contribution in [3.63, 3.8) is 0 Å². The number of nitrogens with two attached hydrogens (primary N) is 1. The first-order valence-corrected chi connectivity index (χ1v) is 7.82. The molecule has 2 aromatic rings. The van der Waals surface area contributed by atoms with Crippen LogP contribution in [0.4, 0.5) is 5.69 Å². The van der Waals surface area contributed by atoms with Crippen molar-refractivity contribution in [2.45, 2.75) is 32.7 Å². The second-order valence-corrected chi connectivity index (χ2v) is 6.75. The Kier molecular flexibility index (Phi) is 3.38. The summed E-state index contributed by atoms with van der Waals surface area (Å²) < 4.78 is 0.978. The number of amides is 1. The van der Waals surface area contributed by atoms with E-state index in [9.17, 15) is 4.79 Å². The van der Waals surface area contributed by atoms with Gasteiger partial charge in [0.2, 0.25) is 0 Å². The summed E-state index contributed by atoms with van der Waals surface area (Å²) in [6.07, 6.45) is 5.63. The molecule has 0 radical (unpaired) electrons. The minimum absolute atomic E-state index is 0.0723. The fourth-order valence-corrected chi connectivity index (χ4v) is 4.02. The van der Waals surface area contributed by atoms with Crippen molar-refractivity contribution in [3.8, 4) is 0 Å². The number of piperidine rings is 1. The van der Waals surface area contributed by atoms with Gasteiger partial charge in [-0.1, -0.05) is 6.92 Å². The minimum atomic E-state index is 0.0723. The molecular formula is C15H19N3OS. The number of carbonyl (C=O) groups excluding carboxylic acids is 1. The molecule has 0 saturated carbocycles. The molecule has 106 valence electrons. The number of nitrogens with zero attached hydrogens (tertiary/aromatic N) is 2. The largest absolute Gasteiger partial charge is 0.397 e. The zero-order chi connectivity index (χ0) is 14.3. The average Bonchev–Trinajstić information content (AvgIpc) is 2.76. The van der Waals surface area contributed by atoms with Gasteiger partial charge in [0.25, 0.3) is 5.91 Å². The number of pyridine rings is 1. The van der Waals surface area contributed by atoms with Crippen LogP contribution in [0.5, 0.6) is 0 Å². The van der Waals surface area contributed by atoms with Gasteiger partial charge in [-0.25, -0.2) is 0 Å². The summed E-state index contributed by atoms with van der Waals surface area (Å²) in [5.74, 6) is 0.765. The third-order valence-electron chi connectivity index (χ3n) is 4.12. The molecule has 0 bridgehead atoms. The minimum Gasteiger partial charge on any atom is -0.397 e. The average molecular weight is 289 g/mol. The van der Waals surface area contributed by atoms with Crippen molar-refractivity contribution >= 4 is 33.0 Å². The van der Waals surface area contributed by atoms with E-state index in [2.05, 4.69) is 18.8 Å². The smallest absolute Gasteiger partial charge is 0.266 e. The first-order valence-electron chi connectivity index (χ1n) is 7.01. The molecular weight excluding hydrogens is 270 g/mol. The van der Waals surface area contributed by atoms with Gasteiger partial charge in [-0.15, -0.1) is 11.3 Å². The maximum Gasteiger partial charge on any atom is 0.266 e. The molecule has 2 N–H and O–H groups in total. The molecule has 1 fully saturated rings. The van der Waals surface area contributed by atoms with Crippen molar-refractivity contribution in [2.24, 2.45) is 5.92 Å². The molecule has 3 heterocycles. The van der Waals surface area contributed by atoms with E-state index in [1.54, 1.807) is 12.4 Å². The molecule has 3 rings (SSSR count). The lowest BCUT2D eigenvalue weighted by Gasteiger charge is -2.36. The summed E-state index contributed by atoms with van der Waals surface area (Å²) in [6, 6.07) is 2.16. The second kappa shape index (κ2) is 5.05. The van der Waals surface area contributed by atoms with Crippen LogP contribution in [-0.4, -0.2) is 28.4 Å². The van der Waals surface area contributed by atoms with E-state index in [4.69, 9.17) is 5.73 Å². The lowest BCUT2D eigenvalue weighted by atomic mass is 9.93. The highest BCUT2D eigenvalue weighted by Gasteiger charge is 2.29. The topological polar surface area (TPSA) is 59.2 Å². The molecule has 1 amide bonds. The molecule has 20 heavy (non-hydrogen) atoms. The van der Waals surface area contributed by atoms with Crippen LogP contribution in [0.25, 0.3) is 10.1 Å². The highest BCUT2D eigenvalue weighted by atomic mass is 32.1. The summed E-state index contributed by atoms with van der Waals surface area (Å²) in [7, 11) is 0. The first kappa shape index (κ1) is 13.4. The summed E-state index contributed by atoms with van der Waals surface area (Å²) in [5, 5.41) is 0.936. The summed E-state index contributed by atoms with van der Waals surface area (Å²) >= 11 is 1.45. The Labute approximate surface area is 122 Å². The fourth-order valence-electron chi connectivity index (χ4n) is 2.97. The molecule has 2 aromatic heterocycles. The Morgan fingerprint density at radius 2 is 2.30 bits per heavy atom. The van der Waals surface area contributed by atoms with Gasteiger partial charge in [-0.05, 0) is 31.7 Å². The van der Waals surface area contributed by atoms with E-state index in [1.165, 1.54) is 11.3 Å². The van der Waals surface area contributed by atoms with E-state index in [0.717, 1.165) is 29.5 Å². The Bertz CT molecular complexity index is 652. The van der Waals surface area contributed by atoms with E-state index in [0.29, 0.717) is 16.5 Å². The molecule has 0 aliphatic carbocycles. The van der Waals surface area contributed by atoms with Crippen LogP contribution in [0.2, 0.25) is 0 Å². The molecule has 1 saturated heterocycles. The normalized spacial score (nSPS) is 23.2. The zero-order valence-corrected chi connectivity index (χ0v) is 12.6. The van der Waals surface area contributed by atoms with Gasteiger partial charge in [-0.2, -0.15) is 0 Å². The monoisotopic (exact) mass is 289 g/mol. The van der Waals surface area contributed by atoms with Gasteiger partial charge < -0.3 is 10.6 Å². The molecule has 2 atom stereocenters. The van der Waals surface area contributed by atoms with E-state index in [-0.39, 0.29) is 11.9 Å². The lowest BCUT2D eigenvalue weighted by Crippen LogP contribution is -2.44. The van der Waals surface area contributed by atoms with E-state index < -0.39 is 0 Å². The highest BCUT2D eigenvalue weighted by Crippen LogP contribution is 2.35. The van der Waals surface area contributed by atoms with E-state index in [1.807, 2.05) is 11.0 Å². The van der Waals surface area contributed by atoms with Gasteiger partial charge in [0.15, 0.2) is 0 Å². The maximum absolute atomic E-state index is 12.7. The second-order valence-electron chi connectivity index (χ2n) is 5.69. The third-order valence-corrected chi connectivity index (χ3v) is 5.27. The Morgan fingerprint density at radius 1 is 1.50 bits per heavy atom. The van der Waals surface area contributed by atoms with Gasteiger partial charge in [0, 0.05) is 30.4 Å². The van der Waals surface area contributed by atoms with Gasteiger partial charge in [0.1, 0.15) is 4.88 Å². The number of thiophene rings is 1. The predicted octanol–water partition coefficient (Wildman–Crippen LogP) is 3.14. The number of fused-ring (bicyclic) bond motifs is 1. The van der Waals surface area contributed by atoms with Crippen molar-refractivity contribution in [1.29, 1.82) is 0 Å². The maximum atomic E-state index is 12.7. The third kappa shape index (κ3) is 2.16. The lowest BCUT2D eigenvalue weighted by molar-refractivity contribution is 0.0594. The Hall–Kier alpha value is -1.62.